The molecule has 0 amide bonds. The first kappa shape index (κ1) is 16.4. The van der Waals surface area contributed by atoms with E-state index in [1.807, 2.05) is 13.8 Å². The van der Waals surface area contributed by atoms with Crippen LogP contribution in [-0.2, 0) is 9.84 Å². The maximum atomic E-state index is 13.0. The number of benzene rings is 1. The summed E-state index contributed by atoms with van der Waals surface area (Å²) in [6.45, 7) is 4.37. The van der Waals surface area contributed by atoms with Crippen LogP contribution in [0.5, 0.6) is 0 Å². The summed E-state index contributed by atoms with van der Waals surface area (Å²) < 4.78 is 35.3. The van der Waals surface area contributed by atoms with Gasteiger partial charge in [-0.25, -0.2) is 12.8 Å². The van der Waals surface area contributed by atoms with Gasteiger partial charge in [-0.3, -0.25) is 0 Å². The molecule has 0 aromatic heterocycles. The molecule has 1 aromatic rings. The van der Waals surface area contributed by atoms with Crippen molar-refractivity contribution in [2.24, 2.45) is 5.92 Å². The molecule has 6 heteroatoms. The zero-order valence-corrected chi connectivity index (χ0v) is 12.9. The number of hydrogen-bond donors (Lipinski definition) is 1. The Morgan fingerprint density at radius 2 is 2.00 bits per heavy atom. The van der Waals surface area contributed by atoms with Crippen LogP contribution in [0.1, 0.15) is 25.5 Å². The first-order chi connectivity index (χ1) is 8.69. The molecule has 108 valence electrons. The lowest BCUT2D eigenvalue weighted by Gasteiger charge is -2.18. The van der Waals surface area contributed by atoms with E-state index in [1.165, 1.54) is 12.3 Å². The predicted octanol–water partition coefficient (Wildman–Crippen LogP) is 2.81. The Hall–Kier alpha value is -0.650. The molecule has 2 atom stereocenters. The third-order valence-electron chi connectivity index (χ3n) is 2.80. The number of nitrogens with one attached hydrogen (secondary N) is 1. The summed E-state index contributed by atoms with van der Waals surface area (Å²) in [6.07, 6.45) is 1.23. The van der Waals surface area contributed by atoms with Gasteiger partial charge in [0.05, 0.1) is 10.8 Å². The molecule has 0 bridgehead atoms. The zero-order chi connectivity index (χ0) is 14.6. The lowest BCUT2D eigenvalue weighted by Crippen LogP contribution is -2.28. The van der Waals surface area contributed by atoms with Crippen LogP contribution in [-0.4, -0.2) is 27.0 Å². The Morgan fingerprint density at radius 3 is 2.53 bits per heavy atom. The normalized spacial score (nSPS) is 15.2. The fourth-order valence-corrected chi connectivity index (χ4v) is 3.19. The van der Waals surface area contributed by atoms with Crippen molar-refractivity contribution < 1.29 is 12.8 Å². The van der Waals surface area contributed by atoms with Crippen LogP contribution in [0.15, 0.2) is 18.2 Å². The molecule has 0 saturated carbocycles. The summed E-state index contributed by atoms with van der Waals surface area (Å²) in [5.74, 6) is -0.270. The van der Waals surface area contributed by atoms with E-state index in [9.17, 15) is 12.8 Å². The molecule has 2 unspecified atom stereocenters. The van der Waals surface area contributed by atoms with E-state index in [2.05, 4.69) is 5.32 Å². The van der Waals surface area contributed by atoms with E-state index in [0.717, 1.165) is 5.56 Å². The third-order valence-corrected chi connectivity index (χ3v) is 4.27. The molecule has 0 spiro atoms. The molecule has 1 aromatic carbocycles. The summed E-state index contributed by atoms with van der Waals surface area (Å²) in [5, 5.41) is 3.32. The molecule has 0 fully saturated rings. The highest BCUT2D eigenvalue weighted by Crippen LogP contribution is 2.20. The minimum absolute atomic E-state index is 0.0138. The van der Waals surface area contributed by atoms with E-state index in [-0.39, 0.29) is 22.7 Å². The molecular weight excluding hydrogens is 289 g/mol. The summed E-state index contributed by atoms with van der Waals surface area (Å²) >= 11 is 5.73. The van der Waals surface area contributed by atoms with E-state index in [0.29, 0.717) is 6.54 Å². The van der Waals surface area contributed by atoms with Gasteiger partial charge >= 0.3 is 0 Å². The largest absolute Gasteiger partial charge is 0.310 e. The quantitative estimate of drug-likeness (QED) is 0.879. The Kier molecular flexibility index (Phi) is 5.77. The van der Waals surface area contributed by atoms with Gasteiger partial charge < -0.3 is 5.32 Å². The lowest BCUT2D eigenvalue weighted by molar-refractivity contribution is 0.491. The molecular formula is C13H19ClFNO2S. The summed E-state index contributed by atoms with van der Waals surface area (Å²) in [7, 11) is -2.96. The minimum atomic E-state index is -2.96. The highest BCUT2D eigenvalue weighted by atomic mass is 35.5. The zero-order valence-electron chi connectivity index (χ0n) is 11.3. The van der Waals surface area contributed by atoms with Crippen LogP contribution >= 0.6 is 11.6 Å². The van der Waals surface area contributed by atoms with Crippen molar-refractivity contribution in [3.63, 3.8) is 0 Å². The second-order valence-electron chi connectivity index (χ2n) is 5.00. The average molecular weight is 308 g/mol. The molecule has 0 aliphatic heterocycles. The van der Waals surface area contributed by atoms with E-state index in [4.69, 9.17) is 11.6 Å². The highest BCUT2D eigenvalue weighted by Gasteiger charge is 2.13. The van der Waals surface area contributed by atoms with Crippen LogP contribution in [0.2, 0.25) is 5.02 Å². The Labute approximate surface area is 119 Å². The van der Waals surface area contributed by atoms with Crippen LogP contribution in [0.25, 0.3) is 0 Å². The molecule has 3 nitrogen and oxygen atoms in total. The Balaban J connectivity index is 2.55. The number of rotatable bonds is 6. The second kappa shape index (κ2) is 6.68. The molecule has 19 heavy (non-hydrogen) atoms. The van der Waals surface area contributed by atoms with Gasteiger partial charge in [0, 0.05) is 12.3 Å². The predicted molar refractivity (Wildman–Crippen MR) is 76.7 cm³/mol. The minimum Gasteiger partial charge on any atom is -0.310 e. The van der Waals surface area contributed by atoms with E-state index in [1.54, 1.807) is 12.1 Å². The molecule has 0 heterocycles. The van der Waals surface area contributed by atoms with Crippen LogP contribution < -0.4 is 5.32 Å². The van der Waals surface area contributed by atoms with Crippen LogP contribution in [0, 0.1) is 11.7 Å². The van der Waals surface area contributed by atoms with Crippen molar-refractivity contribution in [2.75, 3.05) is 18.6 Å². The molecule has 0 aliphatic carbocycles. The van der Waals surface area contributed by atoms with Gasteiger partial charge in [-0.1, -0.05) is 24.6 Å². The first-order valence-corrected chi connectivity index (χ1v) is 8.49. The standard InChI is InChI=1S/C13H19ClFNO2S/c1-9(8-19(3,17)18)7-16-10(2)11-4-5-13(15)12(14)6-11/h4-6,9-10,16H,7-8H2,1-3H3. The summed E-state index contributed by atoms with van der Waals surface area (Å²) in [4.78, 5) is 0. The first-order valence-electron chi connectivity index (χ1n) is 6.05. The van der Waals surface area contributed by atoms with Crippen molar-refractivity contribution in [3.8, 4) is 0 Å². The highest BCUT2D eigenvalue weighted by molar-refractivity contribution is 7.90. The fraction of sp³-hybridized carbons (Fsp3) is 0.538. The van der Waals surface area contributed by atoms with E-state index < -0.39 is 15.7 Å². The van der Waals surface area contributed by atoms with Gasteiger partial charge in [0.15, 0.2) is 0 Å². The molecule has 0 radical (unpaired) electrons. The van der Waals surface area contributed by atoms with Gasteiger partial charge in [-0.15, -0.1) is 0 Å². The van der Waals surface area contributed by atoms with Crippen molar-refractivity contribution in [1.82, 2.24) is 5.32 Å². The number of halogens is 2. The smallest absolute Gasteiger partial charge is 0.147 e. The van der Waals surface area contributed by atoms with Gasteiger partial charge in [-0.05, 0) is 37.1 Å². The number of hydrogen-bond acceptors (Lipinski definition) is 3. The lowest BCUT2D eigenvalue weighted by atomic mass is 10.1. The Bertz CT molecular complexity index is 533. The van der Waals surface area contributed by atoms with Crippen molar-refractivity contribution >= 4 is 21.4 Å². The molecule has 1 N–H and O–H groups in total. The van der Waals surface area contributed by atoms with Crippen LogP contribution in [0.4, 0.5) is 4.39 Å². The number of sulfone groups is 1. The van der Waals surface area contributed by atoms with Gasteiger partial charge in [0.1, 0.15) is 15.7 Å². The van der Waals surface area contributed by atoms with Crippen molar-refractivity contribution in [2.45, 2.75) is 19.9 Å². The fourth-order valence-electron chi connectivity index (χ4n) is 1.85. The molecule has 1 rings (SSSR count). The van der Waals surface area contributed by atoms with Crippen molar-refractivity contribution in [3.05, 3.63) is 34.6 Å². The molecule has 0 aliphatic rings. The van der Waals surface area contributed by atoms with Crippen LogP contribution in [0.3, 0.4) is 0 Å². The maximum absolute atomic E-state index is 13.0. The monoisotopic (exact) mass is 307 g/mol. The maximum Gasteiger partial charge on any atom is 0.147 e. The summed E-state index contributed by atoms with van der Waals surface area (Å²) in [5.41, 5.74) is 0.873. The summed E-state index contributed by atoms with van der Waals surface area (Å²) in [6, 6.07) is 4.56. The molecule has 0 saturated heterocycles. The van der Waals surface area contributed by atoms with Gasteiger partial charge in [-0.2, -0.15) is 0 Å². The van der Waals surface area contributed by atoms with Crippen molar-refractivity contribution in [1.29, 1.82) is 0 Å². The Morgan fingerprint density at radius 1 is 1.37 bits per heavy atom. The van der Waals surface area contributed by atoms with E-state index >= 15 is 0 Å². The average Bonchev–Trinajstić information content (AvgIpc) is 2.27. The topological polar surface area (TPSA) is 46.2 Å². The van der Waals surface area contributed by atoms with Gasteiger partial charge in [0.25, 0.3) is 0 Å². The second-order valence-corrected chi connectivity index (χ2v) is 7.59. The third kappa shape index (κ3) is 5.89. The van der Waals surface area contributed by atoms with Gasteiger partial charge in [0.2, 0.25) is 0 Å². The SMILES string of the molecule is CC(CNC(C)c1ccc(F)c(Cl)c1)CS(C)(=O)=O.